The van der Waals surface area contributed by atoms with Crippen LogP contribution in [0.15, 0.2) is 23.4 Å². The van der Waals surface area contributed by atoms with Crippen molar-refractivity contribution in [1.82, 2.24) is 14.5 Å². The molecule has 0 aliphatic carbocycles. The van der Waals surface area contributed by atoms with E-state index in [1.165, 1.54) is 0 Å². The van der Waals surface area contributed by atoms with E-state index in [4.69, 9.17) is 0 Å². The Morgan fingerprint density at radius 3 is 2.89 bits per heavy atom. The summed E-state index contributed by atoms with van der Waals surface area (Å²) in [4.78, 5) is 21.8. The van der Waals surface area contributed by atoms with E-state index in [1.807, 2.05) is 27.0 Å². The second kappa shape index (κ2) is 5.97. The second-order valence-corrected chi connectivity index (χ2v) is 5.72. The summed E-state index contributed by atoms with van der Waals surface area (Å²) >= 11 is 1.63. The van der Waals surface area contributed by atoms with Crippen molar-refractivity contribution in [2.45, 2.75) is 39.8 Å². The smallest absolute Gasteiger partial charge is 0.293 e. The Hall–Kier alpha value is -1.69. The van der Waals surface area contributed by atoms with Crippen molar-refractivity contribution in [2.24, 2.45) is 0 Å². The minimum absolute atomic E-state index is 0.0172. The van der Waals surface area contributed by atoms with E-state index < -0.39 is 0 Å². The number of hydrogen-bond donors (Lipinski definition) is 1. The number of rotatable bonds is 5. The van der Waals surface area contributed by atoms with Gasteiger partial charge in [-0.1, -0.05) is 6.92 Å². The molecule has 6 heteroatoms. The first-order valence-corrected chi connectivity index (χ1v) is 7.17. The van der Waals surface area contributed by atoms with Gasteiger partial charge in [0.25, 0.3) is 5.56 Å². The van der Waals surface area contributed by atoms with E-state index in [-0.39, 0.29) is 11.6 Å². The molecular weight excluding hydrogens is 260 g/mol. The maximum absolute atomic E-state index is 12.2. The molecule has 19 heavy (non-hydrogen) atoms. The molecule has 2 aromatic rings. The van der Waals surface area contributed by atoms with E-state index >= 15 is 0 Å². The third-order valence-corrected chi connectivity index (χ3v) is 3.84. The van der Waals surface area contributed by atoms with Gasteiger partial charge in [-0.2, -0.15) is 0 Å². The van der Waals surface area contributed by atoms with Gasteiger partial charge in [0.15, 0.2) is 5.82 Å². The first kappa shape index (κ1) is 13.7. The summed E-state index contributed by atoms with van der Waals surface area (Å²) in [6, 6.07) is -0.0172. The standard InChI is InChI=1S/C13H18N4OS/c1-4-6-17-7-5-14-11(13(17)18)16-10(3)12-15-8-9(2)19-12/h5,7-8,10H,4,6H2,1-3H3,(H,14,16). The normalized spacial score (nSPS) is 12.4. The summed E-state index contributed by atoms with van der Waals surface area (Å²) in [7, 11) is 0. The fourth-order valence-electron chi connectivity index (χ4n) is 1.80. The Balaban J connectivity index is 2.19. The minimum Gasteiger partial charge on any atom is -0.357 e. The van der Waals surface area contributed by atoms with Crippen LogP contribution in [-0.2, 0) is 6.54 Å². The Kier molecular flexibility index (Phi) is 4.31. The minimum atomic E-state index is -0.0792. The molecular formula is C13H18N4OS. The van der Waals surface area contributed by atoms with E-state index in [0.717, 1.165) is 16.3 Å². The highest BCUT2D eigenvalue weighted by molar-refractivity contribution is 7.11. The van der Waals surface area contributed by atoms with Crippen molar-refractivity contribution in [3.8, 4) is 0 Å². The maximum atomic E-state index is 12.2. The van der Waals surface area contributed by atoms with Gasteiger partial charge in [-0.3, -0.25) is 4.79 Å². The molecule has 0 aliphatic heterocycles. The molecule has 0 aliphatic rings. The summed E-state index contributed by atoms with van der Waals surface area (Å²) in [5, 5.41) is 4.10. The summed E-state index contributed by atoms with van der Waals surface area (Å²) in [6.07, 6.45) is 6.13. The first-order chi connectivity index (χ1) is 9.11. The van der Waals surface area contributed by atoms with Gasteiger partial charge in [0.1, 0.15) is 5.01 Å². The van der Waals surface area contributed by atoms with Crippen LogP contribution in [0.25, 0.3) is 0 Å². The number of nitrogens with one attached hydrogen (secondary N) is 1. The molecule has 1 N–H and O–H groups in total. The molecule has 0 aromatic carbocycles. The molecule has 0 saturated carbocycles. The topological polar surface area (TPSA) is 59.8 Å². The summed E-state index contributed by atoms with van der Waals surface area (Å²) in [5.41, 5.74) is -0.0792. The van der Waals surface area contributed by atoms with E-state index in [9.17, 15) is 4.79 Å². The molecule has 1 atom stereocenters. The van der Waals surface area contributed by atoms with Crippen LogP contribution in [0, 0.1) is 6.92 Å². The largest absolute Gasteiger partial charge is 0.357 e. The molecule has 102 valence electrons. The van der Waals surface area contributed by atoms with Crippen molar-refractivity contribution >= 4 is 17.2 Å². The van der Waals surface area contributed by atoms with Crippen LogP contribution in [0.2, 0.25) is 0 Å². The van der Waals surface area contributed by atoms with Crippen molar-refractivity contribution in [3.05, 3.63) is 38.8 Å². The lowest BCUT2D eigenvalue weighted by atomic mass is 10.3. The number of aryl methyl sites for hydroxylation is 2. The van der Waals surface area contributed by atoms with Gasteiger partial charge in [0.2, 0.25) is 0 Å². The van der Waals surface area contributed by atoms with Gasteiger partial charge < -0.3 is 9.88 Å². The Labute approximate surface area is 116 Å². The van der Waals surface area contributed by atoms with Crippen LogP contribution in [0.1, 0.15) is 36.2 Å². The highest BCUT2D eigenvalue weighted by Gasteiger charge is 2.12. The van der Waals surface area contributed by atoms with Crippen LogP contribution in [-0.4, -0.2) is 14.5 Å². The van der Waals surface area contributed by atoms with E-state index in [2.05, 4.69) is 15.3 Å². The lowest BCUT2D eigenvalue weighted by molar-refractivity contribution is 0.647. The van der Waals surface area contributed by atoms with Gasteiger partial charge in [0, 0.05) is 30.0 Å². The van der Waals surface area contributed by atoms with Crippen LogP contribution in [0.4, 0.5) is 5.82 Å². The number of nitrogens with zero attached hydrogens (tertiary/aromatic N) is 3. The zero-order valence-corrected chi connectivity index (χ0v) is 12.2. The van der Waals surface area contributed by atoms with Gasteiger partial charge in [0.05, 0.1) is 6.04 Å². The number of aromatic nitrogens is 3. The lowest BCUT2D eigenvalue weighted by Gasteiger charge is -2.12. The Morgan fingerprint density at radius 1 is 1.47 bits per heavy atom. The SMILES string of the molecule is CCCn1ccnc(NC(C)c2ncc(C)s2)c1=O. The average Bonchev–Trinajstić information content (AvgIpc) is 2.81. The molecule has 0 bridgehead atoms. The monoisotopic (exact) mass is 278 g/mol. The second-order valence-electron chi connectivity index (χ2n) is 4.45. The molecule has 5 nitrogen and oxygen atoms in total. The lowest BCUT2D eigenvalue weighted by Crippen LogP contribution is -2.25. The molecule has 0 radical (unpaired) electrons. The highest BCUT2D eigenvalue weighted by atomic mass is 32.1. The number of hydrogen-bond acceptors (Lipinski definition) is 5. The average molecular weight is 278 g/mol. The predicted molar refractivity (Wildman–Crippen MR) is 77.7 cm³/mol. The summed E-state index contributed by atoms with van der Waals surface area (Å²) in [5.74, 6) is 0.385. The van der Waals surface area contributed by atoms with Gasteiger partial charge in [-0.15, -0.1) is 11.3 Å². The van der Waals surface area contributed by atoms with Gasteiger partial charge >= 0.3 is 0 Å². The quantitative estimate of drug-likeness (QED) is 0.913. The van der Waals surface area contributed by atoms with Crippen molar-refractivity contribution in [2.75, 3.05) is 5.32 Å². The highest BCUT2D eigenvalue weighted by Crippen LogP contribution is 2.21. The zero-order chi connectivity index (χ0) is 13.8. The summed E-state index contributed by atoms with van der Waals surface area (Å²) in [6.45, 7) is 6.75. The molecule has 0 saturated heterocycles. The van der Waals surface area contributed by atoms with Gasteiger partial charge in [-0.05, 0) is 20.3 Å². The Bertz CT molecular complexity index is 605. The molecule has 0 spiro atoms. The number of thiazole rings is 1. The molecule has 0 fully saturated rings. The third kappa shape index (κ3) is 3.20. The van der Waals surface area contributed by atoms with Crippen LogP contribution in [0.3, 0.4) is 0 Å². The van der Waals surface area contributed by atoms with Crippen molar-refractivity contribution < 1.29 is 0 Å². The molecule has 0 amide bonds. The fraction of sp³-hybridized carbons (Fsp3) is 0.462. The molecule has 2 heterocycles. The van der Waals surface area contributed by atoms with Crippen molar-refractivity contribution in [1.29, 1.82) is 0 Å². The molecule has 1 unspecified atom stereocenters. The van der Waals surface area contributed by atoms with Crippen LogP contribution >= 0.6 is 11.3 Å². The summed E-state index contributed by atoms with van der Waals surface area (Å²) < 4.78 is 1.68. The maximum Gasteiger partial charge on any atom is 0.293 e. The van der Waals surface area contributed by atoms with Crippen LogP contribution in [0.5, 0.6) is 0 Å². The van der Waals surface area contributed by atoms with E-state index in [0.29, 0.717) is 12.4 Å². The van der Waals surface area contributed by atoms with Gasteiger partial charge in [-0.25, -0.2) is 9.97 Å². The Morgan fingerprint density at radius 2 is 2.26 bits per heavy atom. The zero-order valence-electron chi connectivity index (χ0n) is 11.4. The molecule has 2 rings (SSSR count). The fourth-order valence-corrected chi connectivity index (χ4v) is 2.58. The third-order valence-electron chi connectivity index (χ3n) is 2.74. The van der Waals surface area contributed by atoms with E-state index in [1.54, 1.807) is 28.3 Å². The number of anilines is 1. The van der Waals surface area contributed by atoms with Crippen molar-refractivity contribution in [3.63, 3.8) is 0 Å². The van der Waals surface area contributed by atoms with Crippen LogP contribution < -0.4 is 10.9 Å². The predicted octanol–water partition coefficient (Wildman–Crippen LogP) is 2.59. The first-order valence-electron chi connectivity index (χ1n) is 6.36. The molecule has 2 aromatic heterocycles.